The number of carbonyl (C=O) groups is 1. The first-order chi connectivity index (χ1) is 15.6. The van der Waals surface area contributed by atoms with Crippen molar-refractivity contribution in [1.29, 1.82) is 0 Å². The molecule has 1 amide bonds. The molecule has 0 bridgehead atoms. The zero-order valence-corrected chi connectivity index (χ0v) is 18.5. The second-order valence-electron chi connectivity index (χ2n) is 8.20. The fraction of sp³-hybridized carbons (Fsp3) is 0.500. The van der Waals surface area contributed by atoms with Crippen LogP contribution in [-0.4, -0.2) is 74.1 Å². The second kappa shape index (κ2) is 10.8. The highest BCUT2D eigenvalue weighted by Crippen LogP contribution is 2.23. The van der Waals surface area contributed by atoms with Crippen LogP contribution in [0, 0.1) is 0 Å². The number of benzene rings is 1. The van der Waals surface area contributed by atoms with Crippen LogP contribution in [0.2, 0.25) is 0 Å². The number of aromatic nitrogens is 1. The van der Waals surface area contributed by atoms with Crippen molar-refractivity contribution in [3.63, 3.8) is 0 Å². The van der Waals surface area contributed by atoms with Gasteiger partial charge in [-0.2, -0.15) is 4.98 Å². The molecule has 8 heteroatoms. The predicted octanol–water partition coefficient (Wildman–Crippen LogP) is 1.16. The minimum absolute atomic E-state index is 0.155. The molecule has 1 unspecified atom stereocenters. The lowest BCUT2D eigenvalue weighted by atomic mass is 10.1. The summed E-state index contributed by atoms with van der Waals surface area (Å²) in [6, 6.07) is 12.3. The summed E-state index contributed by atoms with van der Waals surface area (Å²) in [7, 11) is 0. The van der Waals surface area contributed by atoms with Gasteiger partial charge in [0.15, 0.2) is 0 Å². The minimum atomic E-state index is -0.682. The van der Waals surface area contributed by atoms with Crippen molar-refractivity contribution < 1.29 is 19.4 Å². The highest BCUT2D eigenvalue weighted by atomic mass is 16.5. The van der Waals surface area contributed by atoms with Gasteiger partial charge in [-0.05, 0) is 43.0 Å². The molecule has 32 heavy (non-hydrogen) atoms. The van der Waals surface area contributed by atoms with Gasteiger partial charge in [0.25, 0.3) is 5.91 Å². The standard InChI is InChI=1S/C24H32N4O4/c1-2-32-24-21(7-8-22(27-24)28-9-11-31-12-10-28)23(30)26-16-20(29)15-25-19-13-17-5-3-4-6-18(17)14-19/h3-8,19-20,25,29H,2,9-16H2,1H3,(H,26,30). The molecule has 1 aromatic carbocycles. The summed E-state index contributed by atoms with van der Waals surface area (Å²) in [6.07, 6.45) is 1.25. The van der Waals surface area contributed by atoms with E-state index in [0.29, 0.717) is 43.9 Å². The third kappa shape index (κ3) is 5.56. The van der Waals surface area contributed by atoms with E-state index < -0.39 is 6.10 Å². The summed E-state index contributed by atoms with van der Waals surface area (Å²) >= 11 is 0. The summed E-state index contributed by atoms with van der Waals surface area (Å²) in [5.41, 5.74) is 3.10. The van der Waals surface area contributed by atoms with Crippen molar-refractivity contribution >= 4 is 11.7 Å². The van der Waals surface area contributed by atoms with Crippen LogP contribution in [0.25, 0.3) is 0 Å². The van der Waals surface area contributed by atoms with E-state index >= 15 is 0 Å². The lowest BCUT2D eigenvalue weighted by Crippen LogP contribution is -2.42. The Morgan fingerprint density at radius 3 is 2.59 bits per heavy atom. The Morgan fingerprint density at radius 2 is 1.91 bits per heavy atom. The maximum Gasteiger partial charge on any atom is 0.256 e. The number of ether oxygens (including phenoxy) is 2. The molecular weight excluding hydrogens is 408 g/mol. The number of pyridine rings is 1. The Labute approximate surface area is 188 Å². The van der Waals surface area contributed by atoms with Crippen LogP contribution >= 0.6 is 0 Å². The van der Waals surface area contributed by atoms with Crippen LogP contribution in [-0.2, 0) is 17.6 Å². The molecule has 1 atom stereocenters. The van der Waals surface area contributed by atoms with Gasteiger partial charge in [0.1, 0.15) is 11.4 Å². The van der Waals surface area contributed by atoms with Crippen LogP contribution in [0.4, 0.5) is 5.82 Å². The lowest BCUT2D eigenvalue weighted by molar-refractivity contribution is 0.0909. The topological polar surface area (TPSA) is 96.0 Å². The summed E-state index contributed by atoms with van der Waals surface area (Å²) in [5.74, 6) is 0.780. The fourth-order valence-corrected chi connectivity index (χ4v) is 4.20. The molecule has 1 fully saturated rings. The van der Waals surface area contributed by atoms with Gasteiger partial charge in [-0.3, -0.25) is 4.79 Å². The summed E-state index contributed by atoms with van der Waals surface area (Å²) in [6.45, 7) is 5.69. The summed E-state index contributed by atoms with van der Waals surface area (Å²) in [5, 5.41) is 16.6. The number of nitrogens with one attached hydrogen (secondary N) is 2. The van der Waals surface area contributed by atoms with E-state index in [0.717, 1.165) is 31.7 Å². The van der Waals surface area contributed by atoms with E-state index in [1.54, 1.807) is 6.07 Å². The number of rotatable bonds is 9. The highest BCUT2D eigenvalue weighted by molar-refractivity contribution is 5.96. The van der Waals surface area contributed by atoms with Crippen molar-refractivity contribution in [3.8, 4) is 5.88 Å². The smallest absolute Gasteiger partial charge is 0.256 e. The molecule has 4 rings (SSSR count). The molecular formula is C24H32N4O4. The number of fused-ring (bicyclic) bond motifs is 1. The Morgan fingerprint density at radius 1 is 1.19 bits per heavy atom. The fourth-order valence-electron chi connectivity index (χ4n) is 4.20. The van der Waals surface area contributed by atoms with Gasteiger partial charge < -0.3 is 30.1 Å². The van der Waals surface area contributed by atoms with Crippen LogP contribution in [0.1, 0.15) is 28.4 Å². The number of amides is 1. The SMILES string of the molecule is CCOc1nc(N2CCOCC2)ccc1C(=O)NCC(O)CNC1Cc2ccccc2C1. The first-order valence-corrected chi connectivity index (χ1v) is 11.4. The van der Waals surface area contributed by atoms with Crippen LogP contribution < -0.4 is 20.3 Å². The van der Waals surface area contributed by atoms with Gasteiger partial charge >= 0.3 is 0 Å². The Balaban J connectivity index is 1.28. The quantitative estimate of drug-likeness (QED) is 0.539. The van der Waals surface area contributed by atoms with Gasteiger partial charge in [-0.25, -0.2) is 0 Å². The van der Waals surface area contributed by atoms with Crippen molar-refractivity contribution in [3.05, 3.63) is 53.1 Å². The van der Waals surface area contributed by atoms with E-state index in [1.165, 1.54) is 11.1 Å². The predicted molar refractivity (Wildman–Crippen MR) is 122 cm³/mol. The zero-order chi connectivity index (χ0) is 22.3. The van der Waals surface area contributed by atoms with Gasteiger partial charge in [-0.15, -0.1) is 0 Å². The number of nitrogens with zero attached hydrogens (tertiary/aromatic N) is 2. The molecule has 1 aliphatic heterocycles. The minimum Gasteiger partial charge on any atom is -0.477 e. The maximum atomic E-state index is 12.7. The Hall–Kier alpha value is -2.68. The average molecular weight is 441 g/mol. The Bertz CT molecular complexity index is 892. The number of anilines is 1. The highest BCUT2D eigenvalue weighted by Gasteiger charge is 2.22. The van der Waals surface area contributed by atoms with Crippen molar-refractivity contribution in [2.24, 2.45) is 0 Å². The van der Waals surface area contributed by atoms with E-state index in [-0.39, 0.29) is 12.5 Å². The average Bonchev–Trinajstić information content (AvgIpc) is 3.25. The van der Waals surface area contributed by atoms with Crippen molar-refractivity contribution in [1.82, 2.24) is 15.6 Å². The molecule has 0 saturated carbocycles. The monoisotopic (exact) mass is 440 g/mol. The molecule has 0 radical (unpaired) electrons. The van der Waals surface area contributed by atoms with Crippen molar-refractivity contribution in [2.75, 3.05) is 50.9 Å². The number of aliphatic hydroxyl groups is 1. The molecule has 0 spiro atoms. The van der Waals surface area contributed by atoms with Gasteiger partial charge in [-0.1, -0.05) is 24.3 Å². The van der Waals surface area contributed by atoms with Crippen molar-refractivity contribution in [2.45, 2.75) is 31.9 Å². The zero-order valence-electron chi connectivity index (χ0n) is 18.5. The van der Waals surface area contributed by atoms with E-state index in [9.17, 15) is 9.90 Å². The third-order valence-electron chi connectivity index (χ3n) is 5.90. The summed E-state index contributed by atoms with van der Waals surface area (Å²) < 4.78 is 11.0. The molecule has 2 aromatic rings. The number of hydrogen-bond donors (Lipinski definition) is 3. The van der Waals surface area contributed by atoms with E-state index in [4.69, 9.17) is 9.47 Å². The molecule has 3 N–H and O–H groups in total. The molecule has 172 valence electrons. The second-order valence-corrected chi connectivity index (χ2v) is 8.20. The van der Waals surface area contributed by atoms with Gasteiger partial charge in [0, 0.05) is 32.2 Å². The molecule has 1 aromatic heterocycles. The molecule has 1 saturated heterocycles. The van der Waals surface area contributed by atoms with E-state index in [1.807, 2.05) is 13.0 Å². The molecule has 2 heterocycles. The number of carbonyl (C=O) groups excluding carboxylic acids is 1. The number of morpholine rings is 1. The van der Waals surface area contributed by atoms with Gasteiger partial charge in [0.2, 0.25) is 5.88 Å². The van der Waals surface area contributed by atoms with Crippen LogP contribution in [0.15, 0.2) is 36.4 Å². The molecule has 1 aliphatic carbocycles. The van der Waals surface area contributed by atoms with E-state index in [2.05, 4.69) is 44.8 Å². The summed E-state index contributed by atoms with van der Waals surface area (Å²) in [4.78, 5) is 19.4. The number of hydrogen-bond acceptors (Lipinski definition) is 7. The molecule has 2 aliphatic rings. The largest absolute Gasteiger partial charge is 0.477 e. The van der Waals surface area contributed by atoms with Crippen LogP contribution in [0.3, 0.4) is 0 Å². The first kappa shape index (κ1) is 22.5. The number of aliphatic hydroxyl groups excluding tert-OH is 1. The first-order valence-electron chi connectivity index (χ1n) is 11.4. The lowest BCUT2D eigenvalue weighted by Gasteiger charge is -2.28. The van der Waals surface area contributed by atoms with Gasteiger partial charge in [0.05, 0.1) is 25.9 Å². The maximum absolute atomic E-state index is 12.7. The third-order valence-corrected chi connectivity index (χ3v) is 5.90. The Kier molecular flexibility index (Phi) is 7.57. The van der Waals surface area contributed by atoms with Crippen LogP contribution in [0.5, 0.6) is 5.88 Å². The molecule has 8 nitrogen and oxygen atoms in total. The normalized spacial score (nSPS) is 17.1.